The summed E-state index contributed by atoms with van der Waals surface area (Å²) in [5.74, 6) is 1.94. The predicted molar refractivity (Wildman–Crippen MR) is 112 cm³/mol. The van der Waals surface area contributed by atoms with Crippen molar-refractivity contribution in [3.8, 4) is 17.2 Å². The van der Waals surface area contributed by atoms with Crippen LogP contribution in [-0.4, -0.2) is 35.7 Å². The van der Waals surface area contributed by atoms with Crippen LogP contribution in [0.25, 0.3) is 11.0 Å². The Morgan fingerprint density at radius 2 is 1.66 bits per heavy atom. The zero-order chi connectivity index (χ0) is 20.8. The molecule has 3 aromatic rings. The molecule has 7 nitrogen and oxygen atoms in total. The molecule has 1 heterocycles. The second-order valence-electron chi connectivity index (χ2n) is 6.44. The van der Waals surface area contributed by atoms with Crippen molar-refractivity contribution in [1.29, 1.82) is 0 Å². The fraction of sp³-hybridized carbons (Fsp3) is 0.364. The van der Waals surface area contributed by atoms with Gasteiger partial charge in [-0.1, -0.05) is 12.1 Å². The Labute approximate surface area is 170 Å². The molecule has 2 aromatic carbocycles. The smallest absolute Gasteiger partial charge is 0.252 e. The van der Waals surface area contributed by atoms with Crippen molar-refractivity contribution in [3.63, 3.8) is 0 Å². The van der Waals surface area contributed by atoms with Gasteiger partial charge in [0.15, 0.2) is 11.5 Å². The van der Waals surface area contributed by atoms with Crippen LogP contribution in [0.5, 0.6) is 17.2 Å². The van der Waals surface area contributed by atoms with Gasteiger partial charge in [0.1, 0.15) is 5.82 Å². The molecule has 3 rings (SSSR count). The van der Waals surface area contributed by atoms with E-state index in [0.717, 1.165) is 11.0 Å². The minimum Gasteiger partial charge on any atom is -0.490 e. The third-order valence-electron chi connectivity index (χ3n) is 4.34. The first-order valence-corrected chi connectivity index (χ1v) is 9.89. The van der Waals surface area contributed by atoms with E-state index in [9.17, 15) is 4.79 Å². The molecule has 29 heavy (non-hydrogen) atoms. The molecule has 0 aliphatic rings. The van der Waals surface area contributed by atoms with Gasteiger partial charge in [0.05, 0.1) is 36.9 Å². The number of fused-ring (bicyclic) bond motifs is 1. The zero-order valence-corrected chi connectivity index (χ0v) is 17.2. The van der Waals surface area contributed by atoms with E-state index in [-0.39, 0.29) is 11.9 Å². The lowest BCUT2D eigenvalue weighted by Crippen LogP contribution is -2.27. The maximum Gasteiger partial charge on any atom is 0.252 e. The summed E-state index contributed by atoms with van der Waals surface area (Å²) >= 11 is 0. The van der Waals surface area contributed by atoms with Gasteiger partial charge in [0.25, 0.3) is 5.91 Å². The van der Waals surface area contributed by atoms with Gasteiger partial charge in [-0.05, 0) is 52.0 Å². The van der Waals surface area contributed by atoms with E-state index in [4.69, 9.17) is 14.2 Å². The second kappa shape index (κ2) is 9.32. The number of H-pyrrole nitrogens is 1. The van der Waals surface area contributed by atoms with Crippen molar-refractivity contribution in [2.24, 2.45) is 0 Å². The molecule has 1 aromatic heterocycles. The zero-order valence-electron chi connectivity index (χ0n) is 17.2. The summed E-state index contributed by atoms with van der Waals surface area (Å²) in [6.45, 7) is 8.91. The summed E-state index contributed by atoms with van der Waals surface area (Å²) in [5.41, 5.74) is 2.23. The molecule has 0 saturated heterocycles. The number of aromatic nitrogens is 2. The third-order valence-corrected chi connectivity index (χ3v) is 4.34. The first-order valence-electron chi connectivity index (χ1n) is 9.89. The number of para-hydroxylation sites is 2. The molecule has 0 radical (unpaired) electrons. The Morgan fingerprint density at radius 1 is 1.03 bits per heavy atom. The number of nitrogens with one attached hydrogen (secondary N) is 2. The highest BCUT2D eigenvalue weighted by atomic mass is 16.5. The maximum atomic E-state index is 12.9. The second-order valence-corrected chi connectivity index (χ2v) is 6.44. The Balaban J connectivity index is 1.86. The minimum absolute atomic E-state index is 0.247. The highest BCUT2D eigenvalue weighted by Gasteiger charge is 2.20. The van der Waals surface area contributed by atoms with Crippen molar-refractivity contribution >= 4 is 16.9 Å². The lowest BCUT2D eigenvalue weighted by Gasteiger charge is -2.18. The molecule has 2 N–H and O–H groups in total. The quantitative estimate of drug-likeness (QED) is 0.564. The number of imidazole rings is 1. The first kappa shape index (κ1) is 20.5. The minimum atomic E-state index is -0.299. The normalized spacial score (nSPS) is 11.9. The predicted octanol–water partition coefficient (Wildman–Crippen LogP) is 4.25. The molecule has 154 valence electrons. The number of amides is 1. The molecule has 1 unspecified atom stereocenters. The summed E-state index contributed by atoms with van der Waals surface area (Å²) in [5, 5.41) is 2.98. The van der Waals surface area contributed by atoms with Gasteiger partial charge in [0.2, 0.25) is 5.75 Å². The van der Waals surface area contributed by atoms with Crippen molar-refractivity contribution in [2.75, 3.05) is 19.8 Å². The van der Waals surface area contributed by atoms with Crippen molar-refractivity contribution in [3.05, 3.63) is 47.8 Å². The number of hydrogen-bond donors (Lipinski definition) is 2. The largest absolute Gasteiger partial charge is 0.490 e. The fourth-order valence-corrected chi connectivity index (χ4v) is 3.05. The van der Waals surface area contributed by atoms with Crippen LogP contribution in [0.1, 0.15) is 49.9 Å². The van der Waals surface area contributed by atoms with Gasteiger partial charge in [-0.15, -0.1) is 0 Å². The Morgan fingerprint density at radius 3 is 2.24 bits per heavy atom. The maximum absolute atomic E-state index is 12.9. The Hall–Kier alpha value is -3.22. The molecular weight excluding hydrogens is 370 g/mol. The lowest BCUT2D eigenvalue weighted by molar-refractivity contribution is 0.0937. The molecular formula is C22H27N3O4. The monoisotopic (exact) mass is 397 g/mol. The Bertz CT molecular complexity index is 923. The third kappa shape index (κ3) is 4.62. The molecule has 0 spiro atoms. The van der Waals surface area contributed by atoms with E-state index in [2.05, 4.69) is 15.3 Å². The molecule has 0 bridgehead atoms. The number of nitrogens with zero attached hydrogens (tertiary/aromatic N) is 1. The summed E-state index contributed by atoms with van der Waals surface area (Å²) < 4.78 is 17.1. The molecule has 7 heteroatoms. The van der Waals surface area contributed by atoms with Crippen molar-refractivity contribution < 1.29 is 19.0 Å². The molecule has 0 saturated carbocycles. The number of ether oxygens (including phenoxy) is 3. The number of aromatic amines is 1. The van der Waals surface area contributed by atoms with Gasteiger partial charge >= 0.3 is 0 Å². The summed E-state index contributed by atoms with van der Waals surface area (Å²) in [7, 11) is 0. The highest BCUT2D eigenvalue weighted by molar-refractivity contribution is 5.96. The van der Waals surface area contributed by atoms with Gasteiger partial charge < -0.3 is 24.5 Å². The van der Waals surface area contributed by atoms with Crippen LogP contribution < -0.4 is 19.5 Å². The number of carbonyl (C=O) groups excluding carboxylic acids is 1. The lowest BCUT2D eigenvalue weighted by atomic mass is 10.1. The topological polar surface area (TPSA) is 85.5 Å². The van der Waals surface area contributed by atoms with E-state index in [1.54, 1.807) is 12.1 Å². The van der Waals surface area contributed by atoms with E-state index in [1.165, 1.54) is 0 Å². The van der Waals surface area contributed by atoms with E-state index in [0.29, 0.717) is 48.5 Å². The van der Waals surface area contributed by atoms with Crippen molar-refractivity contribution in [1.82, 2.24) is 15.3 Å². The highest BCUT2D eigenvalue weighted by Crippen LogP contribution is 2.39. The van der Waals surface area contributed by atoms with Crippen LogP contribution in [-0.2, 0) is 0 Å². The molecule has 1 atom stereocenters. The van der Waals surface area contributed by atoms with Crippen LogP contribution in [0, 0.1) is 0 Å². The van der Waals surface area contributed by atoms with Crippen LogP contribution in [0.3, 0.4) is 0 Å². The van der Waals surface area contributed by atoms with Gasteiger partial charge in [-0.3, -0.25) is 4.79 Å². The first-order chi connectivity index (χ1) is 14.1. The summed E-state index contributed by atoms with van der Waals surface area (Å²) in [6.07, 6.45) is 0. The number of rotatable bonds is 9. The molecule has 0 aliphatic heterocycles. The fourth-order valence-electron chi connectivity index (χ4n) is 3.05. The van der Waals surface area contributed by atoms with E-state index < -0.39 is 0 Å². The van der Waals surface area contributed by atoms with Gasteiger partial charge in [-0.2, -0.15) is 0 Å². The average Bonchev–Trinajstić information content (AvgIpc) is 3.15. The average molecular weight is 397 g/mol. The summed E-state index contributed by atoms with van der Waals surface area (Å²) in [6, 6.07) is 10.8. The SMILES string of the molecule is CCOc1cc(C(=O)NC(C)c2nc3ccccc3[nH]2)cc(OCC)c1OCC. The van der Waals surface area contributed by atoms with Crippen LogP contribution in [0.4, 0.5) is 0 Å². The van der Waals surface area contributed by atoms with E-state index >= 15 is 0 Å². The van der Waals surface area contributed by atoms with Gasteiger partial charge in [0, 0.05) is 5.56 Å². The van der Waals surface area contributed by atoms with Crippen LogP contribution >= 0.6 is 0 Å². The van der Waals surface area contributed by atoms with Crippen molar-refractivity contribution in [2.45, 2.75) is 33.7 Å². The van der Waals surface area contributed by atoms with Gasteiger partial charge in [-0.25, -0.2) is 4.98 Å². The molecule has 1 amide bonds. The standard InChI is InChI=1S/C22H27N3O4/c1-5-27-18-12-15(13-19(28-6-2)20(18)29-7-3)22(26)23-14(4)21-24-16-10-8-9-11-17(16)25-21/h8-14H,5-7H2,1-4H3,(H,23,26)(H,24,25). The number of benzene rings is 2. The number of carbonyl (C=O) groups is 1. The summed E-state index contributed by atoms with van der Waals surface area (Å²) in [4.78, 5) is 20.7. The Kier molecular flexibility index (Phi) is 6.59. The molecule has 0 fully saturated rings. The molecule has 0 aliphatic carbocycles. The van der Waals surface area contributed by atoms with Crippen LogP contribution in [0.2, 0.25) is 0 Å². The number of hydrogen-bond acceptors (Lipinski definition) is 5. The van der Waals surface area contributed by atoms with E-state index in [1.807, 2.05) is 52.0 Å². The van der Waals surface area contributed by atoms with Crippen LogP contribution in [0.15, 0.2) is 36.4 Å².